The van der Waals surface area contributed by atoms with Crippen molar-refractivity contribution >= 4 is 35.5 Å². The molecule has 2 atom stereocenters. The number of hydrogen-bond donors (Lipinski definition) is 0. The Morgan fingerprint density at radius 2 is 1.23 bits per heavy atom. The van der Waals surface area contributed by atoms with Crippen LogP contribution in [-0.4, -0.2) is 6.22 Å². The number of hydrogen-bond acceptors (Lipinski definition) is 0. The van der Waals surface area contributed by atoms with Gasteiger partial charge in [-0.25, -0.2) is 0 Å². The van der Waals surface area contributed by atoms with Crippen molar-refractivity contribution in [3.63, 3.8) is 0 Å². The van der Waals surface area contributed by atoms with Crippen LogP contribution in [0.15, 0.2) is 47.5 Å². The molecule has 0 bridgehead atoms. The molecule has 2 unspecified atom stereocenters. The van der Waals surface area contributed by atoms with Gasteiger partial charge in [-0.05, 0) is 0 Å². The molecule has 0 aromatic heterocycles. The third-order valence-electron chi connectivity index (χ3n) is 8.31. The van der Waals surface area contributed by atoms with Crippen LogP contribution in [0.3, 0.4) is 0 Å². The van der Waals surface area contributed by atoms with Gasteiger partial charge in [0.25, 0.3) is 0 Å². The average Bonchev–Trinajstić information content (AvgIpc) is 3.32. The molecular weight excluding hydrogens is 650 g/mol. The van der Waals surface area contributed by atoms with E-state index in [2.05, 4.69) is 97.0 Å². The van der Waals surface area contributed by atoms with Crippen LogP contribution >= 0.6 is 17.2 Å². The quantitative estimate of drug-likeness (QED) is 0.191. The minimum absolute atomic E-state index is 0.0149. The van der Waals surface area contributed by atoms with Crippen molar-refractivity contribution < 1.29 is 14.8 Å². The first-order valence-electron chi connectivity index (χ1n) is 13.5. The topological polar surface area (TPSA) is 0 Å². The van der Waals surface area contributed by atoms with Gasteiger partial charge in [-0.2, -0.15) is 0 Å². The van der Waals surface area contributed by atoms with Gasteiger partial charge in [0.1, 0.15) is 0 Å². The zero-order chi connectivity index (χ0) is 25.6. The Morgan fingerprint density at radius 3 is 1.63 bits per heavy atom. The number of fused-ring (bicyclic) bond motifs is 2. The molecular formula is C31H42Cl2HfSi. The van der Waals surface area contributed by atoms with Gasteiger partial charge >= 0.3 is 224 Å². The molecule has 0 amide bonds. The summed E-state index contributed by atoms with van der Waals surface area (Å²) >= 11 is -4.66. The van der Waals surface area contributed by atoms with Crippen molar-refractivity contribution in [3.05, 3.63) is 80.9 Å². The molecule has 0 fully saturated rings. The molecule has 2 aromatic carbocycles. The Hall–Kier alpha value is -0.413. The first-order valence-corrected chi connectivity index (χ1v) is 34.2. The van der Waals surface area contributed by atoms with Crippen LogP contribution in [0.4, 0.5) is 0 Å². The molecule has 0 nitrogen and oxygen atoms in total. The van der Waals surface area contributed by atoms with E-state index in [9.17, 15) is 0 Å². The molecule has 0 N–H and O–H groups in total. The molecule has 2 aliphatic carbocycles. The Balaban J connectivity index is 1.98. The molecule has 2 aliphatic rings. The van der Waals surface area contributed by atoms with Crippen molar-refractivity contribution in [1.82, 2.24) is 0 Å². The molecule has 0 spiro atoms. The van der Waals surface area contributed by atoms with Gasteiger partial charge in [0, 0.05) is 0 Å². The number of benzene rings is 2. The van der Waals surface area contributed by atoms with Crippen molar-refractivity contribution in [2.75, 3.05) is 0 Å². The summed E-state index contributed by atoms with van der Waals surface area (Å²) in [5.41, 5.74) is 11.3. The van der Waals surface area contributed by atoms with Crippen LogP contribution in [0.25, 0.3) is 12.2 Å². The molecule has 0 heterocycles. The number of unbranched alkanes of at least 4 members (excludes halogenated alkanes) is 2. The van der Waals surface area contributed by atoms with Crippen molar-refractivity contribution in [2.45, 2.75) is 93.0 Å². The van der Waals surface area contributed by atoms with Gasteiger partial charge in [-0.15, -0.1) is 0 Å². The summed E-state index contributed by atoms with van der Waals surface area (Å²) in [6.07, 6.45) is 8.61. The Labute approximate surface area is 222 Å². The van der Waals surface area contributed by atoms with Gasteiger partial charge in [-0.3, -0.25) is 0 Å². The predicted molar refractivity (Wildman–Crippen MR) is 157 cm³/mol. The third-order valence-corrected chi connectivity index (χ3v) is 54.9. The molecule has 4 rings (SSSR count). The van der Waals surface area contributed by atoms with Gasteiger partial charge < -0.3 is 0 Å². The van der Waals surface area contributed by atoms with Crippen molar-refractivity contribution in [2.24, 2.45) is 0 Å². The summed E-state index contributed by atoms with van der Waals surface area (Å²) in [7, 11) is 16.7. The van der Waals surface area contributed by atoms with Gasteiger partial charge in [0.2, 0.25) is 0 Å². The summed E-state index contributed by atoms with van der Waals surface area (Å²) in [5.74, 6) is 0.971. The van der Waals surface area contributed by atoms with E-state index in [1.165, 1.54) is 69.8 Å². The summed E-state index contributed by atoms with van der Waals surface area (Å²) in [6, 6.07) is 15.0. The fourth-order valence-electron chi connectivity index (χ4n) is 6.80. The molecule has 0 saturated heterocycles. The SMILES string of the molecule is CCCCC[SiH]=[Hf]([Cl])([Cl])([CH]1C(C)=Cc2c(C(C)C)cccc21)[CH]1C(C)=Cc2c(C(C)C)cccc21. The summed E-state index contributed by atoms with van der Waals surface area (Å²) in [4.78, 5) is 0. The van der Waals surface area contributed by atoms with E-state index in [0.29, 0.717) is 11.8 Å². The Bertz CT molecular complexity index is 1170. The van der Waals surface area contributed by atoms with Crippen molar-refractivity contribution in [1.29, 1.82) is 0 Å². The van der Waals surface area contributed by atoms with E-state index in [4.69, 9.17) is 17.2 Å². The third kappa shape index (κ3) is 4.80. The van der Waals surface area contributed by atoms with Crippen LogP contribution in [0.2, 0.25) is 6.04 Å². The van der Waals surface area contributed by atoms with E-state index in [-0.39, 0.29) is 13.6 Å². The van der Waals surface area contributed by atoms with E-state index < -0.39 is 14.8 Å². The van der Waals surface area contributed by atoms with Crippen LogP contribution in [0.5, 0.6) is 0 Å². The fraction of sp³-hybridized carbons (Fsp3) is 0.484. The minimum atomic E-state index is -4.66. The molecule has 2 aromatic rings. The van der Waals surface area contributed by atoms with E-state index in [1.807, 2.05) is 0 Å². The fourth-order valence-corrected chi connectivity index (χ4v) is 57.8. The Kier molecular flexibility index (Phi) is 8.20. The first kappa shape index (κ1) is 27.6. The summed E-state index contributed by atoms with van der Waals surface area (Å²) < 4.78 is 0.422. The molecule has 4 heteroatoms. The number of allylic oxidation sites excluding steroid dienone is 2. The monoisotopic (exact) mass is 692 g/mol. The molecule has 188 valence electrons. The number of rotatable bonds is 8. The van der Waals surface area contributed by atoms with Gasteiger partial charge in [0.05, 0.1) is 0 Å². The van der Waals surface area contributed by atoms with Crippen LogP contribution in [0.1, 0.15) is 120 Å². The van der Waals surface area contributed by atoms with Crippen LogP contribution in [-0.2, 0) is 14.8 Å². The van der Waals surface area contributed by atoms with Crippen LogP contribution in [0, 0.1) is 0 Å². The van der Waals surface area contributed by atoms with E-state index in [0.717, 1.165) is 0 Å². The van der Waals surface area contributed by atoms with Crippen LogP contribution < -0.4 is 0 Å². The molecule has 0 saturated carbocycles. The Morgan fingerprint density at radius 1 is 0.771 bits per heavy atom. The van der Waals surface area contributed by atoms with Crippen molar-refractivity contribution in [3.8, 4) is 0 Å². The summed E-state index contributed by atoms with van der Waals surface area (Å²) in [5, 5.41) is 0. The molecule has 0 aliphatic heterocycles. The summed E-state index contributed by atoms with van der Waals surface area (Å²) in [6.45, 7) is 16.1. The second-order valence-corrected chi connectivity index (χ2v) is 61.5. The average molecular weight is 692 g/mol. The second kappa shape index (κ2) is 10.4. The predicted octanol–water partition coefficient (Wildman–Crippen LogP) is 10.5. The zero-order valence-electron chi connectivity index (χ0n) is 22.6. The van der Waals surface area contributed by atoms with E-state index >= 15 is 0 Å². The normalized spacial score (nSPS) is 19.7. The maximum absolute atomic E-state index is 8.34. The molecule has 35 heavy (non-hydrogen) atoms. The standard InChI is InChI=1S/2C13H15.C5H12Si.2ClH.Hf/c2*1-9(2)12-6-4-5-11-7-10(3)8-13(11)12;1-2-3-4-5-6;;;/h2*4-9H,1-3H3;6H,2-5H2,1H3;2*1H;/q;;;;;+2/p-2. The number of halogens is 2. The first-order chi connectivity index (χ1) is 16.5. The maximum atomic E-state index is 8.34. The van der Waals surface area contributed by atoms with E-state index in [1.54, 1.807) is 0 Å². The second-order valence-electron chi connectivity index (χ2n) is 11.6. The zero-order valence-corrected chi connectivity index (χ0v) is 28.8. The van der Waals surface area contributed by atoms with Gasteiger partial charge in [0.15, 0.2) is 0 Å². The molecule has 0 radical (unpaired) electrons. The van der Waals surface area contributed by atoms with Gasteiger partial charge in [-0.1, -0.05) is 0 Å².